The van der Waals surface area contributed by atoms with Crippen molar-refractivity contribution in [1.82, 2.24) is 4.98 Å². The van der Waals surface area contributed by atoms with Crippen LogP contribution in [-0.2, 0) is 6.42 Å². The van der Waals surface area contributed by atoms with E-state index in [0.29, 0.717) is 12.1 Å². The number of nitrogens with one attached hydrogen (secondary N) is 2. The van der Waals surface area contributed by atoms with Gasteiger partial charge < -0.3 is 15.7 Å². The Morgan fingerprint density at radius 1 is 1.10 bits per heavy atom. The van der Waals surface area contributed by atoms with Crippen LogP contribution in [0.2, 0.25) is 0 Å². The van der Waals surface area contributed by atoms with E-state index in [1.54, 1.807) is 36.5 Å². The van der Waals surface area contributed by atoms with E-state index in [1.807, 2.05) is 30.3 Å². The van der Waals surface area contributed by atoms with Crippen molar-refractivity contribution in [2.45, 2.75) is 26.3 Å². The highest BCUT2D eigenvalue weighted by Crippen LogP contribution is 2.46. The minimum atomic E-state index is -0.930. The van der Waals surface area contributed by atoms with Gasteiger partial charge in [-0.3, -0.25) is 9.78 Å². The van der Waals surface area contributed by atoms with Crippen LogP contribution in [-0.4, -0.2) is 22.0 Å². The van der Waals surface area contributed by atoms with Crippen molar-refractivity contribution in [3.8, 4) is 0 Å². The molecule has 152 valence electrons. The van der Waals surface area contributed by atoms with Crippen molar-refractivity contribution in [1.29, 1.82) is 0 Å². The molecule has 6 nitrogen and oxygen atoms in total. The lowest BCUT2D eigenvalue weighted by Crippen LogP contribution is -2.35. The number of aromatic carboxylic acids is 1. The molecule has 0 spiro atoms. The zero-order valence-electron chi connectivity index (χ0n) is 16.8. The zero-order chi connectivity index (χ0) is 21.3. The lowest BCUT2D eigenvalue weighted by atomic mass is 9.72. The first-order valence-corrected chi connectivity index (χ1v) is 9.79. The molecule has 3 N–H and O–H groups in total. The number of carboxylic acid groups (broad SMARTS) is 1. The standard InChI is InChI=1S/C24H23N3O3/c1-24(2)14-16-13-15(23(29)30)10-11-18(16)26-21(24)17-7-3-4-8-19(17)27-22(28)20-9-5-6-12-25-20/h3-13,21,26H,14H2,1-2H3,(H,27,28)(H,29,30). The van der Waals surface area contributed by atoms with Gasteiger partial charge in [0.2, 0.25) is 0 Å². The molecule has 1 atom stereocenters. The van der Waals surface area contributed by atoms with Crippen LogP contribution in [0.1, 0.15) is 51.9 Å². The number of nitrogens with zero attached hydrogens (tertiary/aromatic N) is 1. The molecule has 3 aromatic rings. The van der Waals surface area contributed by atoms with Crippen molar-refractivity contribution in [3.63, 3.8) is 0 Å². The van der Waals surface area contributed by atoms with E-state index in [2.05, 4.69) is 29.5 Å². The van der Waals surface area contributed by atoms with Gasteiger partial charge in [-0.1, -0.05) is 38.1 Å². The van der Waals surface area contributed by atoms with Gasteiger partial charge in [0.15, 0.2) is 0 Å². The number of aromatic nitrogens is 1. The minimum Gasteiger partial charge on any atom is -0.478 e. The summed E-state index contributed by atoms with van der Waals surface area (Å²) in [6.07, 6.45) is 2.30. The first-order valence-electron chi connectivity index (χ1n) is 9.79. The van der Waals surface area contributed by atoms with E-state index >= 15 is 0 Å². The van der Waals surface area contributed by atoms with Crippen molar-refractivity contribution >= 4 is 23.3 Å². The summed E-state index contributed by atoms with van der Waals surface area (Å²) in [7, 11) is 0. The summed E-state index contributed by atoms with van der Waals surface area (Å²) in [6, 6.07) is 18.0. The number of para-hydroxylation sites is 1. The molecule has 0 fully saturated rings. The topological polar surface area (TPSA) is 91.3 Å². The Balaban J connectivity index is 1.67. The van der Waals surface area contributed by atoms with E-state index in [-0.39, 0.29) is 22.9 Å². The molecule has 6 heteroatoms. The second-order valence-electron chi connectivity index (χ2n) is 8.18. The molecule has 30 heavy (non-hydrogen) atoms. The third-order valence-electron chi connectivity index (χ3n) is 5.50. The molecule has 1 aliphatic rings. The van der Waals surface area contributed by atoms with Gasteiger partial charge in [0, 0.05) is 17.6 Å². The predicted octanol–water partition coefficient (Wildman–Crippen LogP) is 4.77. The van der Waals surface area contributed by atoms with Crippen LogP contribution < -0.4 is 10.6 Å². The Kier molecular flexibility index (Phi) is 4.99. The Bertz CT molecular complexity index is 1110. The maximum absolute atomic E-state index is 12.7. The van der Waals surface area contributed by atoms with Crippen LogP contribution in [0, 0.1) is 5.41 Å². The van der Waals surface area contributed by atoms with Crippen molar-refractivity contribution in [3.05, 3.63) is 89.2 Å². The number of amides is 1. The quantitative estimate of drug-likeness (QED) is 0.586. The number of carbonyl (C=O) groups is 2. The molecule has 1 unspecified atom stereocenters. The Hall–Kier alpha value is -3.67. The van der Waals surface area contributed by atoms with Crippen LogP contribution in [0.25, 0.3) is 0 Å². The Labute approximate surface area is 175 Å². The van der Waals surface area contributed by atoms with E-state index in [1.165, 1.54) is 0 Å². The van der Waals surface area contributed by atoms with Gasteiger partial charge in [0.05, 0.1) is 11.6 Å². The number of benzene rings is 2. The summed E-state index contributed by atoms with van der Waals surface area (Å²) in [5.41, 5.74) is 4.02. The van der Waals surface area contributed by atoms with Gasteiger partial charge in [0.25, 0.3) is 5.91 Å². The fourth-order valence-corrected chi connectivity index (χ4v) is 4.00. The van der Waals surface area contributed by atoms with Crippen molar-refractivity contribution < 1.29 is 14.7 Å². The number of hydrogen-bond acceptors (Lipinski definition) is 4. The number of pyridine rings is 1. The van der Waals surface area contributed by atoms with Crippen LogP contribution in [0.3, 0.4) is 0 Å². The molecule has 1 aromatic heterocycles. The fourth-order valence-electron chi connectivity index (χ4n) is 4.00. The molecule has 0 radical (unpaired) electrons. The van der Waals surface area contributed by atoms with Crippen LogP contribution >= 0.6 is 0 Å². The summed E-state index contributed by atoms with van der Waals surface area (Å²) in [4.78, 5) is 28.1. The SMILES string of the molecule is CC1(C)Cc2cc(C(=O)O)ccc2NC1c1ccccc1NC(=O)c1ccccn1. The lowest BCUT2D eigenvalue weighted by Gasteiger charge is -2.42. The van der Waals surface area contributed by atoms with Gasteiger partial charge in [-0.25, -0.2) is 4.79 Å². The molecular formula is C24H23N3O3. The highest BCUT2D eigenvalue weighted by atomic mass is 16.4. The van der Waals surface area contributed by atoms with Crippen LogP contribution in [0.5, 0.6) is 0 Å². The van der Waals surface area contributed by atoms with Gasteiger partial charge in [-0.05, 0) is 59.4 Å². The molecular weight excluding hydrogens is 378 g/mol. The third kappa shape index (κ3) is 3.76. The Morgan fingerprint density at radius 3 is 2.60 bits per heavy atom. The lowest BCUT2D eigenvalue weighted by molar-refractivity contribution is 0.0696. The minimum absolute atomic E-state index is 0.0686. The fraction of sp³-hybridized carbons (Fsp3) is 0.208. The maximum atomic E-state index is 12.7. The van der Waals surface area contributed by atoms with E-state index in [0.717, 1.165) is 22.5 Å². The highest BCUT2D eigenvalue weighted by molar-refractivity contribution is 6.03. The molecule has 2 aromatic carbocycles. The Morgan fingerprint density at radius 2 is 1.87 bits per heavy atom. The molecule has 1 amide bonds. The summed E-state index contributed by atoms with van der Waals surface area (Å²) in [5, 5.41) is 15.8. The van der Waals surface area contributed by atoms with E-state index < -0.39 is 5.97 Å². The van der Waals surface area contributed by atoms with Gasteiger partial charge in [-0.2, -0.15) is 0 Å². The molecule has 0 saturated carbocycles. The largest absolute Gasteiger partial charge is 0.478 e. The normalized spacial score (nSPS) is 16.8. The number of anilines is 2. The number of rotatable bonds is 4. The zero-order valence-corrected chi connectivity index (χ0v) is 16.8. The predicted molar refractivity (Wildman–Crippen MR) is 116 cm³/mol. The van der Waals surface area contributed by atoms with Gasteiger partial charge in [0.1, 0.15) is 5.69 Å². The average Bonchev–Trinajstić information content (AvgIpc) is 2.73. The highest BCUT2D eigenvalue weighted by Gasteiger charge is 2.37. The number of carboxylic acids is 1. The second kappa shape index (κ2) is 7.63. The maximum Gasteiger partial charge on any atom is 0.335 e. The number of fused-ring (bicyclic) bond motifs is 1. The second-order valence-corrected chi connectivity index (χ2v) is 8.18. The molecule has 2 heterocycles. The third-order valence-corrected chi connectivity index (χ3v) is 5.50. The number of hydrogen-bond donors (Lipinski definition) is 3. The summed E-state index contributed by atoms with van der Waals surface area (Å²) < 4.78 is 0. The first-order chi connectivity index (χ1) is 14.3. The molecule has 4 rings (SSSR count). The molecule has 0 saturated heterocycles. The molecule has 0 aliphatic carbocycles. The molecule has 1 aliphatic heterocycles. The number of carbonyl (C=O) groups excluding carboxylic acids is 1. The first kappa shape index (κ1) is 19.6. The van der Waals surface area contributed by atoms with E-state index in [9.17, 15) is 14.7 Å². The monoisotopic (exact) mass is 401 g/mol. The van der Waals surface area contributed by atoms with Gasteiger partial charge >= 0.3 is 5.97 Å². The van der Waals surface area contributed by atoms with Gasteiger partial charge in [-0.15, -0.1) is 0 Å². The summed E-state index contributed by atoms with van der Waals surface area (Å²) in [5.74, 6) is -1.19. The summed E-state index contributed by atoms with van der Waals surface area (Å²) in [6.45, 7) is 4.27. The van der Waals surface area contributed by atoms with E-state index in [4.69, 9.17) is 0 Å². The van der Waals surface area contributed by atoms with Crippen LogP contribution in [0.4, 0.5) is 11.4 Å². The molecule has 0 bridgehead atoms. The summed E-state index contributed by atoms with van der Waals surface area (Å²) >= 11 is 0. The van der Waals surface area contributed by atoms with Crippen molar-refractivity contribution in [2.24, 2.45) is 5.41 Å². The average molecular weight is 401 g/mol. The van der Waals surface area contributed by atoms with Crippen molar-refractivity contribution in [2.75, 3.05) is 10.6 Å². The van der Waals surface area contributed by atoms with Crippen LogP contribution in [0.15, 0.2) is 66.9 Å². The smallest absolute Gasteiger partial charge is 0.335 e.